The molecule has 1 N–H and O–H groups in total. The first-order valence-electron chi connectivity index (χ1n) is 9.58. The molecule has 0 bridgehead atoms. The molecule has 1 aliphatic rings. The monoisotopic (exact) mass is 397 g/mol. The van der Waals surface area contributed by atoms with Crippen molar-refractivity contribution in [3.8, 4) is 17.6 Å². The van der Waals surface area contributed by atoms with Crippen molar-refractivity contribution in [2.24, 2.45) is 0 Å². The van der Waals surface area contributed by atoms with Crippen LogP contribution in [0, 0.1) is 0 Å². The van der Waals surface area contributed by atoms with E-state index >= 15 is 0 Å². The van der Waals surface area contributed by atoms with Gasteiger partial charge in [0.15, 0.2) is 5.58 Å². The van der Waals surface area contributed by atoms with Gasteiger partial charge in [-0.15, -0.1) is 0 Å². The van der Waals surface area contributed by atoms with Gasteiger partial charge >= 0.3 is 12.0 Å². The van der Waals surface area contributed by atoms with E-state index in [1.54, 1.807) is 0 Å². The van der Waals surface area contributed by atoms with E-state index < -0.39 is 5.97 Å². The topological polar surface area (TPSA) is 88.3 Å². The smallest absolute Gasteiger partial charge is 0.400 e. The molecule has 0 unspecified atom stereocenters. The number of carboxylic acids is 1. The summed E-state index contributed by atoms with van der Waals surface area (Å²) in [6.45, 7) is 4.75. The summed E-state index contributed by atoms with van der Waals surface area (Å²) in [4.78, 5) is 19.3. The molecule has 1 saturated heterocycles. The fraction of sp³-hybridized carbons (Fsp3) is 0.333. The molecule has 3 aromatic rings. The van der Waals surface area contributed by atoms with Crippen molar-refractivity contribution in [2.45, 2.75) is 0 Å². The van der Waals surface area contributed by atoms with Gasteiger partial charge < -0.3 is 19.0 Å². The van der Waals surface area contributed by atoms with Crippen LogP contribution in [0.2, 0.25) is 0 Å². The highest BCUT2D eigenvalue weighted by molar-refractivity contribution is 5.72. The number of para-hydroxylation sites is 2. The summed E-state index contributed by atoms with van der Waals surface area (Å²) < 4.78 is 17.0. The Balaban J connectivity index is 1.21. The van der Waals surface area contributed by atoms with Crippen LogP contribution < -0.4 is 9.47 Å². The number of fused-ring (bicyclic) bond motifs is 1. The van der Waals surface area contributed by atoms with Crippen molar-refractivity contribution < 1.29 is 23.8 Å². The zero-order valence-corrected chi connectivity index (χ0v) is 16.0. The van der Waals surface area contributed by atoms with E-state index in [1.807, 2.05) is 53.4 Å². The third kappa shape index (κ3) is 5.24. The number of rotatable bonds is 8. The number of hydrogen-bond donors (Lipinski definition) is 1. The highest BCUT2D eigenvalue weighted by Crippen LogP contribution is 2.26. The molecule has 29 heavy (non-hydrogen) atoms. The number of aromatic nitrogens is 1. The molecule has 1 aromatic heterocycles. The molecule has 4 rings (SSSR count). The second-order valence-electron chi connectivity index (χ2n) is 6.88. The van der Waals surface area contributed by atoms with Crippen LogP contribution in [-0.4, -0.2) is 71.7 Å². The predicted molar refractivity (Wildman–Crippen MR) is 107 cm³/mol. The largest absolute Gasteiger partial charge is 0.492 e. The lowest BCUT2D eigenvalue weighted by molar-refractivity contribution is -0.138. The third-order valence-electron chi connectivity index (χ3n) is 4.80. The molecular weight excluding hydrogens is 374 g/mol. The molecule has 152 valence electrons. The molecule has 2 aromatic carbocycles. The van der Waals surface area contributed by atoms with E-state index in [1.165, 1.54) is 0 Å². The lowest BCUT2D eigenvalue weighted by Crippen LogP contribution is -2.48. The van der Waals surface area contributed by atoms with Crippen molar-refractivity contribution in [1.29, 1.82) is 0 Å². The SMILES string of the molecule is O=C(O)CN1CCN(CCOc2ccc(Oc3nc4ccccc4o3)cc2)CC1. The molecular formula is C21H23N3O5. The standard InChI is InChI=1S/C21H23N3O5/c25-20(26)15-24-11-9-23(10-12-24)13-14-27-16-5-7-17(8-6-16)28-21-22-18-3-1-2-4-19(18)29-21/h1-8H,9-15H2,(H,25,26). The first-order chi connectivity index (χ1) is 14.2. The summed E-state index contributed by atoms with van der Waals surface area (Å²) in [5.74, 6) is 0.614. The number of ether oxygens (including phenoxy) is 2. The molecule has 0 saturated carbocycles. The van der Waals surface area contributed by atoms with E-state index in [9.17, 15) is 4.79 Å². The van der Waals surface area contributed by atoms with Gasteiger partial charge in [-0.3, -0.25) is 14.6 Å². The van der Waals surface area contributed by atoms with E-state index in [4.69, 9.17) is 19.0 Å². The number of oxazole rings is 1. The van der Waals surface area contributed by atoms with Crippen LogP contribution >= 0.6 is 0 Å². The molecule has 8 nitrogen and oxygen atoms in total. The summed E-state index contributed by atoms with van der Waals surface area (Å²) >= 11 is 0. The summed E-state index contributed by atoms with van der Waals surface area (Å²) in [7, 11) is 0. The highest BCUT2D eigenvalue weighted by Gasteiger charge is 2.18. The Morgan fingerprint density at radius 1 is 1.00 bits per heavy atom. The van der Waals surface area contributed by atoms with Crippen molar-refractivity contribution in [1.82, 2.24) is 14.8 Å². The van der Waals surface area contributed by atoms with Crippen LogP contribution in [0.3, 0.4) is 0 Å². The molecule has 0 spiro atoms. The maximum Gasteiger partial charge on any atom is 0.400 e. The summed E-state index contributed by atoms with van der Waals surface area (Å²) in [6.07, 6.45) is 0.210. The Bertz CT molecular complexity index is 915. The van der Waals surface area contributed by atoms with Gasteiger partial charge in [-0.1, -0.05) is 12.1 Å². The van der Waals surface area contributed by atoms with Crippen LogP contribution in [0.25, 0.3) is 11.1 Å². The fourth-order valence-electron chi connectivity index (χ4n) is 3.25. The predicted octanol–water partition coefficient (Wildman–Crippen LogP) is 2.70. The van der Waals surface area contributed by atoms with Gasteiger partial charge in [0.1, 0.15) is 23.6 Å². The van der Waals surface area contributed by atoms with Gasteiger partial charge in [0.25, 0.3) is 0 Å². The van der Waals surface area contributed by atoms with Crippen molar-refractivity contribution >= 4 is 17.1 Å². The number of nitrogens with zero attached hydrogens (tertiary/aromatic N) is 3. The molecule has 8 heteroatoms. The van der Waals surface area contributed by atoms with Crippen molar-refractivity contribution in [2.75, 3.05) is 45.9 Å². The summed E-state index contributed by atoms with van der Waals surface area (Å²) in [5.41, 5.74) is 1.44. The number of piperazine rings is 1. The normalized spacial score (nSPS) is 15.4. The average molecular weight is 397 g/mol. The van der Waals surface area contributed by atoms with Crippen molar-refractivity contribution in [3.63, 3.8) is 0 Å². The first-order valence-corrected chi connectivity index (χ1v) is 9.58. The number of carboxylic acid groups (broad SMARTS) is 1. The van der Waals surface area contributed by atoms with E-state index in [2.05, 4.69) is 9.88 Å². The minimum absolute atomic E-state index is 0.113. The lowest BCUT2D eigenvalue weighted by atomic mass is 10.3. The Morgan fingerprint density at radius 2 is 1.69 bits per heavy atom. The minimum atomic E-state index is -0.773. The van der Waals surface area contributed by atoms with Gasteiger partial charge in [0, 0.05) is 32.7 Å². The fourth-order valence-corrected chi connectivity index (χ4v) is 3.25. The zero-order chi connectivity index (χ0) is 20.1. The maximum atomic E-state index is 10.8. The molecule has 0 amide bonds. The zero-order valence-electron chi connectivity index (χ0n) is 16.0. The molecule has 1 fully saturated rings. The Morgan fingerprint density at radius 3 is 2.41 bits per heavy atom. The first kappa shape index (κ1) is 19.2. The van der Waals surface area contributed by atoms with E-state index in [0.717, 1.165) is 44.0 Å². The van der Waals surface area contributed by atoms with Crippen LogP contribution in [0.5, 0.6) is 17.6 Å². The van der Waals surface area contributed by atoms with Gasteiger partial charge in [-0.2, -0.15) is 4.98 Å². The Labute approximate surface area is 168 Å². The second-order valence-corrected chi connectivity index (χ2v) is 6.88. The van der Waals surface area contributed by atoms with Crippen molar-refractivity contribution in [3.05, 3.63) is 48.5 Å². The van der Waals surface area contributed by atoms with Crippen LogP contribution in [-0.2, 0) is 4.79 Å². The molecule has 1 aliphatic heterocycles. The number of benzene rings is 2. The average Bonchev–Trinajstić information content (AvgIpc) is 3.12. The third-order valence-corrected chi connectivity index (χ3v) is 4.80. The van der Waals surface area contributed by atoms with E-state index in [-0.39, 0.29) is 12.6 Å². The highest BCUT2D eigenvalue weighted by atomic mass is 16.6. The molecule has 0 aliphatic carbocycles. The van der Waals surface area contributed by atoms with Crippen LogP contribution in [0.1, 0.15) is 0 Å². The van der Waals surface area contributed by atoms with Gasteiger partial charge in [-0.05, 0) is 36.4 Å². The minimum Gasteiger partial charge on any atom is -0.492 e. The lowest BCUT2D eigenvalue weighted by Gasteiger charge is -2.33. The van der Waals surface area contributed by atoms with Crippen LogP contribution in [0.4, 0.5) is 0 Å². The Hall–Kier alpha value is -3.10. The molecule has 2 heterocycles. The number of aliphatic carboxylic acids is 1. The number of carbonyl (C=O) groups is 1. The summed E-state index contributed by atoms with van der Waals surface area (Å²) in [6, 6.07) is 14.8. The van der Waals surface area contributed by atoms with Gasteiger partial charge in [0.2, 0.25) is 0 Å². The van der Waals surface area contributed by atoms with Crippen LogP contribution in [0.15, 0.2) is 52.9 Å². The molecule has 0 atom stereocenters. The van der Waals surface area contributed by atoms with Gasteiger partial charge in [-0.25, -0.2) is 0 Å². The maximum absolute atomic E-state index is 10.8. The summed E-state index contributed by atoms with van der Waals surface area (Å²) in [5, 5.41) is 8.84. The quantitative estimate of drug-likeness (QED) is 0.621. The second kappa shape index (κ2) is 8.93. The van der Waals surface area contributed by atoms with E-state index in [0.29, 0.717) is 17.9 Å². The number of hydrogen-bond acceptors (Lipinski definition) is 7. The Kier molecular flexibility index (Phi) is 5.92. The molecule has 0 radical (unpaired) electrons. The van der Waals surface area contributed by atoms with Gasteiger partial charge in [0.05, 0.1) is 6.54 Å².